The number of Topliss-reactive ketones (excluding diaryl/α,β-unsaturated/α-hetero) is 1. The summed E-state index contributed by atoms with van der Waals surface area (Å²) in [5.41, 5.74) is 2.33. The van der Waals surface area contributed by atoms with Gasteiger partial charge < -0.3 is 4.42 Å². The van der Waals surface area contributed by atoms with Gasteiger partial charge in [0.25, 0.3) is 0 Å². The lowest BCUT2D eigenvalue weighted by Gasteiger charge is -2.60. The van der Waals surface area contributed by atoms with Gasteiger partial charge in [-0.2, -0.15) is 0 Å². The summed E-state index contributed by atoms with van der Waals surface area (Å²) in [5, 5.41) is 0. The number of carbonyl (C=O) groups excluding carboxylic acids is 1. The maximum atomic E-state index is 12.0. The Labute approximate surface area is 151 Å². The molecule has 0 spiro atoms. The Hall–Kier alpha value is -1.05. The molecule has 136 valence electrons. The minimum Gasteiger partial charge on any atom is -0.472 e. The number of rotatable bonds is 1. The van der Waals surface area contributed by atoms with E-state index < -0.39 is 0 Å². The van der Waals surface area contributed by atoms with Crippen LogP contribution in [-0.4, -0.2) is 5.78 Å². The van der Waals surface area contributed by atoms with Gasteiger partial charge in [-0.1, -0.05) is 13.8 Å². The Morgan fingerprint density at radius 3 is 2.64 bits per heavy atom. The summed E-state index contributed by atoms with van der Waals surface area (Å²) in [6.07, 6.45) is 14.9. The predicted molar refractivity (Wildman–Crippen MR) is 98.2 cm³/mol. The number of furan rings is 1. The molecule has 0 bridgehead atoms. The van der Waals surface area contributed by atoms with Gasteiger partial charge in [-0.3, -0.25) is 4.79 Å². The van der Waals surface area contributed by atoms with Crippen molar-refractivity contribution in [2.24, 2.45) is 34.5 Å². The first-order chi connectivity index (χ1) is 12.0. The summed E-state index contributed by atoms with van der Waals surface area (Å²) >= 11 is 0. The largest absolute Gasteiger partial charge is 0.472 e. The number of hydrogen-bond donors (Lipinski definition) is 0. The molecule has 4 saturated carbocycles. The zero-order chi connectivity index (χ0) is 17.2. The highest BCUT2D eigenvalue weighted by molar-refractivity contribution is 5.79. The first kappa shape index (κ1) is 16.1. The second-order valence-electron chi connectivity index (χ2n) is 10.1. The Bertz CT molecular complexity index is 662. The second kappa shape index (κ2) is 5.47. The van der Waals surface area contributed by atoms with Crippen molar-refractivity contribution in [1.29, 1.82) is 0 Å². The molecule has 0 saturated heterocycles. The van der Waals surface area contributed by atoms with E-state index in [2.05, 4.69) is 19.9 Å². The van der Waals surface area contributed by atoms with Crippen molar-refractivity contribution in [3.63, 3.8) is 0 Å². The molecule has 5 rings (SSSR count). The van der Waals surface area contributed by atoms with E-state index in [0.717, 1.165) is 37.0 Å². The standard InChI is InChI=1S/C23H32O2/c1-22-10-7-17(24)13-16(22)3-4-18-20-6-5-19(15-9-12-25-14-15)23(20,2)11-8-21(18)22/h9,12,14,16,18-21H,3-8,10-11,13H2,1-2H3/t16?,18-,19?,20-,21+,22-,23+/m0/s1. The summed E-state index contributed by atoms with van der Waals surface area (Å²) in [6.45, 7) is 5.13. The third-order valence-corrected chi connectivity index (χ3v) is 9.43. The normalized spacial score (nSPS) is 49.4. The lowest BCUT2D eigenvalue weighted by Crippen LogP contribution is -2.53. The summed E-state index contributed by atoms with van der Waals surface area (Å²) in [5.74, 6) is 4.52. The van der Waals surface area contributed by atoms with Crippen LogP contribution in [0, 0.1) is 34.5 Å². The molecule has 7 atom stereocenters. The number of carbonyl (C=O) groups is 1. The van der Waals surface area contributed by atoms with Crippen LogP contribution in [0.3, 0.4) is 0 Å². The third kappa shape index (κ3) is 2.18. The van der Waals surface area contributed by atoms with Crippen LogP contribution in [0.5, 0.6) is 0 Å². The maximum Gasteiger partial charge on any atom is 0.133 e. The van der Waals surface area contributed by atoms with Crippen LogP contribution < -0.4 is 0 Å². The zero-order valence-electron chi connectivity index (χ0n) is 15.8. The van der Waals surface area contributed by atoms with E-state index in [9.17, 15) is 4.79 Å². The van der Waals surface area contributed by atoms with Crippen LogP contribution in [0.15, 0.2) is 23.0 Å². The Kier molecular flexibility index (Phi) is 3.53. The number of fused-ring (bicyclic) bond motifs is 5. The van der Waals surface area contributed by atoms with Gasteiger partial charge >= 0.3 is 0 Å². The molecule has 4 aliphatic carbocycles. The van der Waals surface area contributed by atoms with E-state index in [1.54, 1.807) is 0 Å². The monoisotopic (exact) mass is 340 g/mol. The molecule has 0 N–H and O–H groups in total. The molecule has 0 aliphatic heterocycles. The highest BCUT2D eigenvalue weighted by Crippen LogP contribution is 2.68. The van der Waals surface area contributed by atoms with Crippen molar-refractivity contribution in [3.05, 3.63) is 24.2 Å². The van der Waals surface area contributed by atoms with Crippen LogP contribution in [0.2, 0.25) is 0 Å². The molecule has 4 fully saturated rings. The van der Waals surface area contributed by atoms with E-state index in [-0.39, 0.29) is 0 Å². The van der Waals surface area contributed by atoms with Crippen LogP contribution in [0.25, 0.3) is 0 Å². The first-order valence-corrected chi connectivity index (χ1v) is 10.6. The SMILES string of the molecule is C[C@]12CCC(=O)CC1CC[C@@H]1[C@H]2CC[C@]2(C)C(c3ccoc3)CC[C@@H]12. The van der Waals surface area contributed by atoms with E-state index >= 15 is 0 Å². The zero-order valence-corrected chi connectivity index (χ0v) is 15.8. The van der Waals surface area contributed by atoms with Gasteiger partial charge in [0.1, 0.15) is 5.78 Å². The highest BCUT2D eigenvalue weighted by atomic mass is 16.3. The van der Waals surface area contributed by atoms with Crippen molar-refractivity contribution in [3.8, 4) is 0 Å². The summed E-state index contributed by atoms with van der Waals surface area (Å²) in [4.78, 5) is 12.0. The van der Waals surface area contributed by atoms with Crippen LogP contribution in [0.4, 0.5) is 0 Å². The summed E-state index contributed by atoms with van der Waals surface area (Å²) < 4.78 is 5.42. The quantitative estimate of drug-likeness (QED) is 0.630. The molecule has 2 unspecified atom stereocenters. The highest BCUT2D eigenvalue weighted by Gasteiger charge is 2.60. The Morgan fingerprint density at radius 2 is 1.84 bits per heavy atom. The molecule has 1 heterocycles. The van der Waals surface area contributed by atoms with Gasteiger partial charge in [0, 0.05) is 12.8 Å². The molecule has 2 nitrogen and oxygen atoms in total. The van der Waals surface area contributed by atoms with Crippen LogP contribution >= 0.6 is 0 Å². The number of hydrogen-bond acceptors (Lipinski definition) is 2. The molecule has 0 aromatic carbocycles. The molecule has 0 amide bonds. The van der Waals surface area contributed by atoms with Gasteiger partial charge in [0.05, 0.1) is 12.5 Å². The maximum absolute atomic E-state index is 12.0. The fraction of sp³-hybridized carbons (Fsp3) is 0.783. The summed E-state index contributed by atoms with van der Waals surface area (Å²) in [7, 11) is 0. The average molecular weight is 341 g/mol. The fourth-order valence-corrected chi connectivity index (χ4v) is 8.07. The van der Waals surface area contributed by atoms with Gasteiger partial charge in [0.15, 0.2) is 0 Å². The molecule has 4 aliphatic rings. The van der Waals surface area contributed by atoms with E-state index in [1.165, 1.54) is 44.1 Å². The molecular formula is C23H32O2. The third-order valence-electron chi connectivity index (χ3n) is 9.43. The van der Waals surface area contributed by atoms with Crippen molar-refractivity contribution in [1.82, 2.24) is 0 Å². The summed E-state index contributed by atoms with van der Waals surface area (Å²) in [6, 6.07) is 2.20. The topological polar surface area (TPSA) is 30.2 Å². The van der Waals surface area contributed by atoms with Crippen LogP contribution in [-0.2, 0) is 4.79 Å². The molecule has 0 radical (unpaired) electrons. The first-order valence-electron chi connectivity index (χ1n) is 10.6. The van der Waals surface area contributed by atoms with Crippen LogP contribution in [0.1, 0.15) is 83.1 Å². The van der Waals surface area contributed by atoms with Gasteiger partial charge in [-0.25, -0.2) is 0 Å². The van der Waals surface area contributed by atoms with Crippen molar-refractivity contribution in [2.75, 3.05) is 0 Å². The molecule has 1 aromatic rings. The predicted octanol–water partition coefficient (Wildman–Crippen LogP) is 5.98. The van der Waals surface area contributed by atoms with Crippen molar-refractivity contribution in [2.45, 2.75) is 77.6 Å². The fourth-order valence-electron chi connectivity index (χ4n) is 8.07. The lowest BCUT2D eigenvalue weighted by atomic mass is 9.44. The van der Waals surface area contributed by atoms with E-state index in [0.29, 0.717) is 28.4 Å². The Balaban J connectivity index is 1.45. The molecule has 1 aromatic heterocycles. The smallest absolute Gasteiger partial charge is 0.133 e. The molecule has 2 heteroatoms. The Morgan fingerprint density at radius 1 is 1.00 bits per heavy atom. The van der Waals surface area contributed by atoms with Crippen molar-refractivity contribution < 1.29 is 9.21 Å². The minimum absolute atomic E-state index is 0.436. The van der Waals surface area contributed by atoms with Gasteiger partial charge in [-0.05, 0) is 97.0 Å². The second-order valence-corrected chi connectivity index (χ2v) is 10.1. The molecular weight excluding hydrogens is 308 g/mol. The minimum atomic E-state index is 0.436. The van der Waals surface area contributed by atoms with Gasteiger partial charge in [0.2, 0.25) is 0 Å². The average Bonchev–Trinajstić information content (AvgIpc) is 3.22. The van der Waals surface area contributed by atoms with Crippen molar-refractivity contribution >= 4 is 5.78 Å². The van der Waals surface area contributed by atoms with Gasteiger partial charge in [-0.15, -0.1) is 0 Å². The lowest BCUT2D eigenvalue weighted by molar-refractivity contribution is -0.138. The van der Waals surface area contributed by atoms with E-state index in [4.69, 9.17) is 4.42 Å². The van der Waals surface area contributed by atoms with E-state index in [1.807, 2.05) is 12.5 Å². The number of ketones is 1. The molecule has 25 heavy (non-hydrogen) atoms.